The monoisotopic (exact) mass is 325 g/mol. The van der Waals surface area contributed by atoms with E-state index in [0.29, 0.717) is 0 Å². The molecule has 0 saturated heterocycles. The Bertz CT molecular complexity index is 752. The van der Waals surface area contributed by atoms with Gasteiger partial charge < -0.3 is 0 Å². The number of hydrogen-bond donors (Lipinski definition) is 0. The molecule has 0 atom stereocenters. The smallest absolute Gasteiger partial charge is 0.206 e. The van der Waals surface area contributed by atoms with Crippen LogP contribution in [0.4, 0.5) is 17.6 Å². The van der Waals surface area contributed by atoms with Gasteiger partial charge in [0.2, 0.25) is 0 Å². The number of benzene rings is 2. The van der Waals surface area contributed by atoms with Gasteiger partial charge in [0.1, 0.15) is 5.82 Å². The van der Waals surface area contributed by atoms with Crippen molar-refractivity contribution >= 4 is 23.3 Å². The number of hydrogen-bond acceptors (Lipinski definition) is 1. The summed E-state index contributed by atoms with van der Waals surface area (Å²) in [6.07, 6.45) is -3.39. The Hall–Kier alpha value is -2.32. The van der Waals surface area contributed by atoms with Gasteiger partial charge in [-0.2, -0.15) is 18.4 Å². The summed E-state index contributed by atoms with van der Waals surface area (Å²) >= 11 is 5.85. The first kappa shape index (κ1) is 16.1. The minimum Gasteiger partial charge on any atom is -0.206 e. The van der Waals surface area contributed by atoms with Crippen molar-refractivity contribution in [2.45, 2.75) is 6.18 Å². The van der Waals surface area contributed by atoms with Gasteiger partial charge in [-0.05, 0) is 35.9 Å². The Morgan fingerprint density at radius 1 is 1.14 bits per heavy atom. The molecule has 0 heterocycles. The van der Waals surface area contributed by atoms with Crippen molar-refractivity contribution in [1.29, 1.82) is 5.26 Å². The van der Waals surface area contributed by atoms with Gasteiger partial charge in [-0.25, -0.2) is 4.39 Å². The first-order valence-electron chi connectivity index (χ1n) is 6.06. The van der Waals surface area contributed by atoms with Gasteiger partial charge in [-0.1, -0.05) is 29.8 Å². The van der Waals surface area contributed by atoms with Gasteiger partial charge >= 0.3 is 6.18 Å². The predicted octanol–water partition coefficient (Wildman–Crippen LogP) is 5.56. The highest BCUT2D eigenvalue weighted by Crippen LogP contribution is 2.32. The predicted molar refractivity (Wildman–Crippen MR) is 76.3 cm³/mol. The molecule has 0 radical (unpaired) electrons. The molecule has 0 saturated carbocycles. The maximum absolute atomic E-state index is 13.7. The minimum absolute atomic E-state index is 0.0386. The van der Waals surface area contributed by atoms with Crippen molar-refractivity contribution in [2.75, 3.05) is 0 Å². The number of halogens is 5. The van der Waals surface area contributed by atoms with E-state index >= 15 is 0 Å². The number of rotatable bonds is 2. The van der Waals surface area contributed by atoms with E-state index in [1.807, 2.05) is 0 Å². The lowest BCUT2D eigenvalue weighted by Gasteiger charge is -2.08. The van der Waals surface area contributed by atoms with Crippen LogP contribution in [0.2, 0.25) is 5.02 Å². The van der Waals surface area contributed by atoms with Gasteiger partial charge in [0.05, 0.1) is 22.2 Å². The lowest BCUT2D eigenvalue weighted by Crippen LogP contribution is -2.04. The van der Waals surface area contributed by atoms with E-state index in [4.69, 9.17) is 16.9 Å². The van der Waals surface area contributed by atoms with Crippen molar-refractivity contribution in [2.24, 2.45) is 0 Å². The summed E-state index contributed by atoms with van der Waals surface area (Å²) in [5.41, 5.74) is -1.00. The Kier molecular flexibility index (Phi) is 4.53. The Labute approximate surface area is 129 Å². The molecular formula is C16H8ClF4N. The molecular weight excluding hydrogens is 318 g/mol. The van der Waals surface area contributed by atoms with E-state index in [2.05, 4.69) is 0 Å². The standard InChI is InChI=1S/C16H8ClF4N/c17-14-5-2-6-15(18)13(14)8-11(9-22)10-3-1-4-12(7-10)16(19,20)21/h1-8H/b11-8+. The molecule has 0 spiro atoms. The fourth-order valence-electron chi connectivity index (χ4n) is 1.84. The molecule has 0 unspecified atom stereocenters. The van der Waals surface area contributed by atoms with E-state index in [1.165, 1.54) is 24.3 Å². The van der Waals surface area contributed by atoms with Crippen LogP contribution in [0.1, 0.15) is 16.7 Å². The molecule has 0 aliphatic heterocycles. The highest BCUT2D eigenvalue weighted by atomic mass is 35.5. The Balaban J connectivity index is 2.54. The van der Waals surface area contributed by atoms with Crippen molar-refractivity contribution < 1.29 is 17.6 Å². The molecule has 0 aliphatic rings. The number of nitriles is 1. The van der Waals surface area contributed by atoms with Crippen LogP contribution in [0.15, 0.2) is 42.5 Å². The van der Waals surface area contributed by atoms with Crippen LogP contribution in [0.25, 0.3) is 11.6 Å². The van der Waals surface area contributed by atoms with Crippen LogP contribution in [-0.4, -0.2) is 0 Å². The van der Waals surface area contributed by atoms with E-state index in [0.717, 1.165) is 24.3 Å². The molecule has 2 rings (SSSR count). The van der Waals surface area contributed by atoms with Crippen molar-refractivity contribution in [3.8, 4) is 6.07 Å². The van der Waals surface area contributed by atoms with Crippen LogP contribution in [0, 0.1) is 17.1 Å². The van der Waals surface area contributed by atoms with Crippen LogP contribution >= 0.6 is 11.6 Å². The third-order valence-electron chi connectivity index (χ3n) is 2.91. The first-order valence-corrected chi connectivity index (χ1v) is 6.44. The molecule has 22 heavy (non-hydrogen) atoms. The summed E-state index contributed by atoms with van der Waals surface area (Å²) in [5.74, 6) is -0.660. The quantitative estimate of drug-likeness (QED) is 0.403. The van der Waals surface area contributed by atoms with Crippen LogP contribution in [0.3, 0.4) is 0 Å². The summed E-state index contributed by atoms with van der Waals surface area (Å²) in [6, 6.07) is 10.0. The van der Waals surface area contributed by atoms with Crippen molar-refractivity contribution in [3.63, 3.8) is 0 Å². The van der Waals surface area contributed by atoms with Gasteiger partial charge in [0.25, 0.3) is 0 Å². The molecule has 0 amide bonds. The molecule has 2 aromatic rings. The zero-order chi connectivity index (χ0) is 16.3. The maximum atomic E-state index is 13.7. The molecule has 112 valence electrons. The second-order valence-electron chi connectivity index (χ2n) is 4.38. The Morgan fingerprint density at radius 2 is 1.82 bits per heavy atom. The lowest BCUT2D eigenvalue weighted by atomic mass is 10.0. The van der Waals surface area contributed by atoms with E-state index in [9.17, 15) is 17.6 Å². The zero-order valence-electron chi connectivity index (χ0n) is 11.0. The molecule has 0 bridgehead atoms. The van der Waals surface area contributed by atoms with Crippen molar-refractivity contribution in [1.82, 2.24) is 0 Å². The normalized spacial score (nSPS) is 12.1. The van der Waals surface area contributed by atoms with Gasteiger partial charge in [0, 0.05) is 5.56 Å². The zero-order valence-corrected chi connectivity index (χ0v) is 11.7. The lowest BCUT2D eigenvalue weighted by molar-refractivity contribution is -0.137. The second-order valence-corrected chi connectivity index (χ2v) is 4.79. The van der Waals surface area contributed by atoms with E-state index in [-0.39, 0.29) is 21.7 Å². The SMILES string of the molecule is N#C/C(=C\c1c(F)cccc1Cl)c1cccc(C(F)(F)F)c1. The van der Waals surface area contributed by atoms with Gasteiger partial charge in [0.15, 0.2) is 0 Å². The Morgan fingerprint density at radius 3 is 2.41 bits per heavy atom. The van der Waals surface area contributed by atoms with Crippen LogP contribution in [-0.2, 0) is 6.18 Å². The summed E-state index contributed by atoms with van der Waals surface area (Å²) < 4.78 is 51.8. The summed E-state index contributed by atoms with van der Waals surface area (Å²) in [7, 11) is 0. The largest absolute Gasteiger partial charge is 0.416 e. The highest BCUT2D eigenvalue weighted by Gasteiger charge is 2.30. The molecule has 0 fully saturated rings. The number of alkyl halides is 3. The van der Waals surface area contributed by atoms with Gasteiger partial charge in [-0.3, -0.25) is 0 Å². The van der Waals surface area contributed by atoms with E-state index < -0.39 is 17.6 Å². The molecule has 0 aromatic heterocycles. The highest BCUT2D eigenvalue weighted by molar-refractivity contribution is 6.32. The maximum Gasteiger partial charge on any atom is 0.416 e. The molecule has 0 N–H and O–H groups in total. The third kappa shape index (κ3) is 3.46. The van der Waals surface area contributed by atoms with E-state index in [1.54, 1.807) is 6.07 Å². The fourth-order valence-corrected chi connectivity index (χ4v) is 2.05. The van der Waals surface area contributed by atoms with Crippen LogP contribution in [0.5, 0.6) is 0 Å². The van der Waals surface area contributed by atoms with Gasteiger partial charge in [-0.15, -0.1) is 0 Å². The summed E-state index contributed by atoms with van der Waals surface area (Å²) in [6.45, 7) is 0. The van der Waals surface area contributed by atoms with Crippen molar-refractivity contribution in [3.05, 3.63) is 70.0 Å². The average molecular weight is 326 g/mol. The molecule has 2 aromatic carbocycles. The fraction of sp³-hybridized carbons (Fsp3) is 0.0625. The number of allylic oxidation sites excluding steroid dienone is 1. The molecule has 0 aliphatic carbocycles. The number of nitrogens with zero attached hydrogens (tertiary/aromatic N) is 1. The second kappa shape index (κ2) is 6.20. The average Bonchev–Trinajstić information content (AvgIpc) is 2.46. The minimum atomic E-state index is -4.52. The topological polar surface area (TPSA) is 23.8 Å². The summed E-state index contributed by atoms with van der Waals surface area (Å²) in [5, 5.41) is 9.22. The molecule has 6 heteroatoms. The van der Waals surface area contributed by atoms with Crippen LogP contribution < -0.4 is 0 Å². The first-order chi connectivity index (χ1) is 10.3. The molecule has 1 nitrogen and oxygen atoms in total. The summed E-state index contributed by atoms with van der Waals surface area (Å²) in [4.78, 5) is 0. The third-order valence-corrected chi connectivity index (χ3v) is 3.24.